The van der Waals surface area contributed by atoms with Crippen LogP contribution in [-0.2, 0) is 10.0 Å². The topological polar surface area (TPSA) is 49.4 Å². The number of sulfonamides is 1. The highest BCUT2D eigenvalue weighted by Crippen LogP contribution is 2.34. The molecule has 0 aliphatic carbocycles. The summed E-state index contributed by atoms with van der Waals surface area (Å²) in [6, 6.07) is 0.884. The van der Waals surface area contributed by atoms with Crippen molar-refractivity contribution in [1.29, 1.82) is 0 Å². The predicted molar refractivity (Wildman–Crippen MR) is 59.7 cm³/mol. The Morgan fingerprint density at radius 2 is 1.67 bits per heavy atom. The van der Waals surface area contributed by atoms with Crippen LogP contribution in [0.4, 0.5) is 0 Å². The number of hydrogen-bond donors (Lipinski definition) is 1. The zero-order valence-electron chi connectivity index (χ0n) is 9.44. The van der Waals surface area contributed by atoms with Crippen molar-refractivity contribution in [2.24, 2.45) is 0 Å². The molecule has 0 saturated carbocycles. The van der Waals surface area contributed by atoms with Crippen LogP contribution in [0.5, 0.6) is 0 Å². The normalized spacial score (nSPS) is 32.5. The SMILES string of the molecule is CC(C)S(=O)(=O)NN1C2CCCC1CC2. The fourth-order valence-corrected chi connectivity index (χ4v) is 3.32. The van der Waals surface area contributed by atoms with Gasteiger partial charge in [0.1, 0.15) is 0 Å². The van der Waals surface area contributed by atoms with Gasteiger partial charge in [-0.1, -0.05) is 6.42 Å². The lowest BCUT2D eigenvalue weighted by Crippen LogP contribution is -2.52. The molecular formula is C10H20N2O2S. The fraction of sp³-hybridized carbons (Fsp3) is 1.00. The van der Waals surface area contributed by atoms with Gasteiger partial charge in [0.2, 0.25) is 10.0 Å². The second kappa shape index (κ2) is 4.03. The van der Waals surface area contributed by atoms with Crippen molar-refractivity contribution in [3.05, 3.63) is 0 Å². The van der Waals surface area contributed by atoms with E-state index in [9.17, 15) is 8.42 Å². The summed E-state index contributed by atoms with van der Waals surface area (Å²) in [4.78, 5) is 2.76. The highest BCUT2D eigenvalue weighted by Gasteiger charge is 2.38. The molecule has 1 N–H and O–H groups in total. The Morgan fingerprint density at radius 3 is 2.13 bits per heavy atom. The molecule has 2 fully saturated rings. The smallest absolute Gasteiger partial charge is 0.225 e. The van der Waals surface area contributed by atoms with E-state index in [0.717, 1.165) is 25.7 Å². The minimum absolute atomic E-state index is 0.348. The van der Waals surface area contributed by atoms with Crippen LogP contribution in [-0.4, -0.2) is 30.8 Å². The van der Waals surface area contributed by atoms with E-state index in [2.05, 4.69) is 4.83 Å². The number of hydrazine groups is 1. The lowest BCUT2D eigenvalue weighted by molar-refractivity contribution is 0.114. The van der Waals surface area contributed by atoms with Crippen LogP contribution >= 0.6 is 0 Å². The second-order valence-corrected chi connectivity index (χ2v) is 7.12. The molecule has 2 heterocycles. The number of hydrogen-bond acceptors (Lipinski definition) is 3. The van der Waals surface area contributed by atoms with Crippen molar-refractivity contribution < 1.29 is 8.42 Å². The van der Waals surface area contributed by atoms with Crippen molar-refractivity contribution >= 4 is 10.0 Å². The van der Waals surface area contributed by atoms with Crippen LogP contribution in [0.2, 0.25) is 0 Å². The molecule has 2 saturated heterocycles. The molecule has 0 radical (unpaired) electrons. The van der Waals surface area contributed by atoms with Crippen molar-refractivity contribution in [3.63, 3.8) is 0 Å². The maximum Gasteiger partial charge on any atom is 0.226 e. The van der Waals surface area contributed by atoms with E-state index in [1.807, 2.05) is 5.01 Å². The number of fused-ring (bicyclic) bond motifs is 2. The first-order chi connectivity index (χ1) is 7.00. The van der Waals surface area contributed by atoms with E-state index in [1.54, 1.807) is 13.8 Å². The minimum atomic E-state index is -3.15. The highest BCUT2D eigenvalue weighted by atomic mass is 32.2. The summed E-state index contributed by atoms with van der Waals surface area (Å²) in [6.07, 6.45) is 5.81. The van der Waals surface area contributed by atoms with Gasteiger partial charge in [0, 0.05) is 12.1 Å². The Morgan fingerprint density at radius 1 is 1.13 bits per heavy atom. The van der Waals surface area contributed by atoms with Gasteiger partial charge >= 0.3 is 0 Å². The lowest BCUT2D eigenvalue weighted by Gasteiger charge is -2.34. The second-order valence-electron chi connectivity index (χ2n) is 4.91. The average molecular weight is 232 g/mol. The maximum atomic E-state index is 11.8. The van der Waals surface area contributed by atoms with Crippen LogP contribution in [0.1, 0.15) is 46.0 Å². The van der Waals surface area contributed by atoms with Crippen LogP contribution < -0.4 is 4.83 Å². The van der Waals surface area contributed by atoms with E-state index < -0.39 is 10.0 Å². The monoisotopic (exact) mass is 232 g/mol. The molecule has 2 unspecified atom stereocenters. The number of nitrogens with zero attached hydrogens (tertiary/aromatic N) is 1. The van der Waals surface area contributed by atoms with Gasteiger partial charge < -0.3 is 0 Å². The molecule has 4 nitrogen and oxygen atoms in total. The van der Waals surface area contributed by atoms with Gasteiger partial charge in [-0.15, -0.1) is 4.83 Å². The van der Waals surface area contributed by atoms with Crippen molar-refractivity contribution in [2.75, 3.05) is 0 Å². The predicted octanol–water partition coefficient (Wildman–Crippen LogP) is 1.25. The third-order valence-corrected chi connectivity index (χ3v) is 5.25. The van der Waals surface area contributed by atoms with E-state index in [0.29, 0.717) is 12.1 Å². The summed E-state index contributed by atoms with van der Waals surface area (Å²) in [5.74, 6) is 0. The van der Waals surface area contributed by atoms with Crippen LogP contribution in [0, 0.1) is 0 Å². The zero-order chi connectivity index (χ0) is 11.1. The van der Waals surface area contributed by atoms with Gasteiger partial charge in [-0.25, -0.2) is 13.4 Å². The molecule has 88 valence electrons. The van der Waals surface area contributed by atoms with Crippen molar-refractivity contribution in [3.8, 4) is 0 Å². The third-order valence-electron chi connectivity index (χ3n) is 3.55. The maximum absolute atomic E-state index is 11.8. The fourth-order valence-electron chi connectivity index (χ4n) is 2.52. The minimum Gasteiger partial charge on any atom is -0.225 e. The third kappa shape index (κ3) is 2.19. The molecular weight excluding hydrogens is 212 g/mol. The molecule has 0 aromatic carbocycles. The first-order valence-electron chi connectivity index (χ1n) is 5.80. The molecule has 15 heavy (non-hydrogen) atoms. The summed E-state index contributed by atoms with van der Waals surface area (Å²) < 4.78 is 23.5. The number of rotatable bonds is 3. The first kappa shape index (κ1) is 11.4. The molecule has 2 bridgehead atoms. The van der Waals surface area contributed by atoms with E-state index in [4.69, 9.17) is 0 Å². The molecule has 5 heteroatoms. The zero-order valence-corrected chi connectivity index (χ0v) is 10.3. The van der Waals surface area contributed by atoms with Crippen LogP contribution in [0.3, 0.4) is 0 Å². The van der Waals surface area contributed by atoms with Gasteiger partial charge in [-0.2, -0.15) is 0 Å². The standard InChI is InChI=1S/C10H20N2O2S/c1-8(2)15(13,14)11-12-9-4-3-5-10(12)7-6-9/h8-11H,3-7H2,1-2H3. The van der Waals surface area contributed by atoms with Gasteiger partial charge in [0.05, 0.1) is 5.25 Å². The van der Waals surface area contributed by atoms with Crippen LogP contribution in [0.15, 0.2) is 0 Å². The average Bonchev–Trinajstić information content (AvgIpc) is 2.39. The molecule has 2 rings (SSSR count). The molecule has 0 aromatic heterocycles. The molecule has 2 aliphatic rings. The first-order valence-corrected chi connectivity index (χ1v) is 7.35. The largest absolute Gasteiger partial charge is 0.226 e. The summed E-state index contributed by atoms with van der Waals surface area (Å²) in [7, 11) is -3.15. The summed E-state index contributed by atoms with van der Waals surface area (Å²) in [6.45, 7) is 3.43. The van der Waals surface area contributed by atoms with E-state index >= 15 is 0 Å². The Kier molecular flexibility index (Phi) is 3.05. The summed E-state index contributed by atoms with van der Waals surface area (Å²) in [5.41, 5.74) is 0. The van der Waals surface area contributed by atoms with Gasteiger partial charge in [0.25, 0.3) is 0 Å². The Labute approximate surface area is 92.1 Å². The van der Waals surface area contributed by atoms with E-state index in [1.165, 1.54) is 6.42 Å². The van der Waals surface area contributed by atoms with Crippen molar-refractivity contribution in [2.45, 2.75) is 63.3 Å². The molecule has 0 aromatic rings. The van der Waals surface area contributed by atoms with Gasteiger partial charge in [-0.3, -0.25) is 0 Å². The summed E-state index contributed by atoms with van der Waals surface area (Å²) >= 11 is 0. The van der Waals surface area contributed by atoms with E-state index in [-0.39, 0.29) is 5.25 Å². The lowest BCUT2D eigenvalue weighted by atomic mass is 10.1. The molecule has 0 amide bonds. The Bertz CT molecular complexity index is 310. The van der Waals surface area contributed by atoms with Gasteiger partial charge in [0.15, 0.2) is 0 Å². The number of piperidine rings is 1. The molecule has 0 spiro atoms. The molecule has 2 atom stereocenters. The highest BCUT2D eigenvalue weighted by molar-refractivity contribution is 7.90. The Balaban J connectivity index is 2.07. The quantitative estimate of drug-likeness (QED) is 0.796. The summed E-state index contributed by atoms with van der Waals surface area (Å²) in [5, 5.41) is 1.65. The number of nitrogens with one attached hydrogen (secondary N) is 1. The Hall–Kier alpha value is -0.130. The molecule has 2 aliphatic heterocycles. The van der Waals surface area contributed by atoms with Crippen molar-refractivity contribution in [1.82, 2.24) is 9.84 Å². The van der Waals surface area contributed by atoms with Crippen LogP contribution in [0.25, 0.3) is 0 Å². The van der Waals surface area contributed by atoms with Gasteiger partial charge in [-0.05, 0) is 39.5 Å².